The number of methoxy groups -OCH3 is 2. The van der Waals surface area contributed by atoms with E-state index in [1.54, 1.807) is 42.5 Å². The second kappa shape index (κ2) is 9.43. The minimum Gasteiger partial charge on any atom is -0.496 e. The summed E-state index contributed by atoms with van der Waals surface area (Å²) in [6.07, 6.45) is 1.70. The van der Waals surface area contributed by atoms with Crippen LogP contribution in [0.4, 0.5) is 0 Å². The van der Waals surface area contributed by atoms with Crippen molar-refractivity contribution in [3.05, 3.63) is 94.6 Å². The van der Waals surface area contributed by atoms with Crippen molar-refractivity contribution in [3.8, 4) is 17.2 Å². The second-order valence-electron chi connectivity index (χ2n) is 8.38. The lowest BCUT2D eigenvalue weighted by molar-refractivity contribution is 0.0600. The van der Waals surface area contributed by atoms with Crippen LogP contribution in [0.1, 0.15) is 45.7 Å². The summed E-state index contributed by atoms with van der Waals surface area (Å²) < 4.78 is 22.4. The van der Waals surface area contributed by atoms with E-state index >= 15 is 0 Å². The van der Waals surface area contributed by atoms with Crippen molar-refractivity contribution < 1.29 is 28.5 Å². The number of fused-ring (bicyclic) bond motifs is 1. The average molecular weight is 459 g/mol. The van der Waals surface area contributed by atoms with Crippen molar-refractivity contribution in [1.29, 1.82) is 0 Å². The average Bonchev–Trinajstić information content (AvgIpc) is 2.85. The van der Waals surface area contributed by atoms with E-state index in [0.29, 0.717) is 46.1 Å². The molecule has 4 rings (SSSR count). The first kappa shape index (κ1) is 23.1. The quantitative estimate of drug-likeness (QED) is 0.359. The minimum absolute atomic E-state index is 0.179. The van der Waals surface area contributed by atoms with Gasteiger partial charge in [0.05, 0.1) is 25.3 Å². The number of carbonyl (C=O) groups excluding carboxylic acids is 2. The number of rotatable bonds is 6. The van der Waals surface area contributed by atoms with Crippen LogP contribution in [0.25, 0.3) is 6.08 Å². The van der Waals surface area contributed by atoms with E-state index in [1.807, 2.05) is 44.2 Å². The molecule has 1 heterocycles. The van der Waals surface area contributed by atoms with Crippen LogP contribution in [0.3, 0.4) is 0 Å². The highest BCUT2D eigenvalue weighted by Crippen LogP contribution is 2.40. The maximum atomic E-state index is 13.6. The molecule has 0 saturated heterocycles. The van der Waals surface area contributed by atoms with E-state index in [2.05, 4.69) is 0 Å². The van der Waals surface area contributed by atoms with Crippen molar-refractivity contribution in [2.45, 2.75) is 26.1 Å². The molecule has 0 aliphatic carbocycles. The molecule has 0 amide bonds. The predicted octanol–water partition coefficient (Wildman–Crippen LogP) is 5.50. The van der Waals surface area contributed by atoms with Gasteiger partial charge in [0.1, 0.15) is 29.5 Å². The van der Waals surface area contributed by atoms with Gasteiger partial charge in [-0.3, -0.25) is 4.79 Å². The Morgan fingerprint density at radius 3 is 2.47 bits per heavy atom. The molecule has 1 aliphatic rings. The molecule has 0 saturated carbocycles. The molecule has 0 atom stereocenters. The maximum absolute atomic E-state index is 13.6. The summed E-state index contributed by atoms with van der Waals surface area (Å²) in [5.41, 5.74) is 1.91. The highest BCUT2D eigenvalue weighted by Gasteiger charge is 2.38. The van der Waals surface area contributed by atoms with Crippen LogP contribution in [0.2, 0.25) is 0 Å². The molecule has 3 aromatic carbocycles. The van der Waals surface area contributed by atoms with Crippen LogP contribution < -0.4 is 14.2 Å². The predicted molar refractivity (Wildman–Crippen MR) is 129 cm³/mol. The van der Waals surface area contributed by atoms with Crippen LogP contribution >= 0.6 is 0 Å². The highest BCUT2D eigenvalue weighted by molar-refractivity contribution is 6.15. The van der Waals surface area contributed by atoms with Crippen molar-refractivity contribution in [3.63, 3.8) is 0 Å². The van der Waals surface area contributed by atoms with Gasteiger partial charge in [0, 0.05) is 11.1 Å². The number of Topliss-reactive ketones (excluding diaryl/α,β-unsaturated/α-hetero) is 1. The first-order chi connectivity index (χ1) is 16.3. The molecular formula is C28H26O6. The Morgan fingerprint density at radius 1 is 1.00 bits per heavy atom. The van der Waals surface area contributed by atoms with Crippen LogP contribution in [-0.4, -0.2) is 31.6 Å². The zero-order valence-electron chi connectivity index (χ0n) is 19.6. The van der Waals surface area contributed by atoms with Gasteiger partial charge in [0.15, 0.2) is 5.78 Å². The van der Waals surface area contributed by atoms with E-state index in [-0.39, 0.29) is 5.78 Å². The Labute approximate surface area is 198 Å². The van der Waals surface area contributed by atoms with Crippen LogP contribution in [-0.2, 0) is 11.3 Å². The van der Waals surface area contributed by atoms with Crippen molar-refractivity contribution in [2.75, 3.05) is 14.2 Å². The van der Waals surface area contributed by atoms with Gasteiger partial charge in [-0.1, -0.05) is 30.3 Å². The molecule has 0 radical (unpaired) electrons. The molecule has 3 aromatic rings. The number of hydrogen-bond donors (Lipinski definition) is 0. The van der Waals surface area contributed by atoms with E-state index in [1.165, 1.54) is 14.2 Å². The Morgan fingerprint density at radius 2 is 1.76 bits per heavy atom. The third-order valence-electron chi connectivity index (χ3n) is 5.65. The lowest BCUT2D eigenvalue weighted by Crippen LogP contribution is -2.39. The molecule has 0 unspecified atom stereocenters. The molecule has 0 spiro atoms. The van der Waals surface area contributed by atoms with Gasteiger partial charge in [0.25, 0.3) is 0 Å². The first-order valence-corrected chi connectivity index (χ1v) is 10.9. The van der Waals surface area contributed by atoms with Crippen molar-refractivity contribution in [2.24, 2.45) is 0 Å². The summed E-state index contributed by atoms with van der Waals surface area (Å²) in [5, 5.41) is 0. The number of ketones is 1. The summed E-state index contributed by atoms with van der Waals surface area (Å²) in [6, 6.07) is 20.0. The summed E-state index contributed by atoms with van der Waals surface area (Å²) >= 11 is 0. The molecule has 0 fully saturated rings. The molecular weight excluding hydrogens is 432 g/mol. The molecule has 34 heavy (non-hydrogen) atoms. The molecule has 6 heteroatoms. The standard InChI is InChI=1S/C28H26O6/c1-28(2)23(15-20-14-19(27(30)32-4)10-12-24(20)31-3)26(29)22-16-21(11-13-25(22)34-28)33-17-18-8-6-5-7-9-18/h5-16H,17H2,1-4H3/b23-15-. The normalized spacial score (nSPS) is 15.3. The zero-order valence-corrected chi connectivity index (χ0v) is 19.6. The van der Waals surface area contributed by atoms with Gasteiger partial charge < -0.3 is 18.9 Å². The molecule has 6 nitrogen and oxygen atoms in total. The van der Waals surface area contributed by atoms with Gasteiger partial charge in [-0.15, -0.1) is 0 Å². The molecule has 0 aromatic heterocycles. The van der Waals surface area contributed by atoms with Gasteiger partial charge in [-0.25, -0.2) is 4.79 Å². The Balaban J connectivity index is 1.69. The van der Waals surface area contributed by atoms with Crippen molar-refractivity contribution in [1.82, 2.24) is 0 Å². The summed E-state index contributed by atoms with van der Waals surface area (Å²) in [4.78, 5) is 25.6. The smallest absolute Gasteiger partial charge is 0.337 e. The van der Waals surface area contributed by atoms with Crippen LogP contribution in [0, 0.1) is 0 Å². The third kappa shape index (κ3) is 4.66. The van der Waals surface area contributed by atoms with Crippen molar-refractivity contribution >= 4 is 17.8 Å². The lowest BCUT2D eigenvalue weighted by atomic mass is 9.85. The second-order valence-corrected chi connectivity index (χ2v) is 8.38. The molecule has 0 N–H and O–H groups in total. The molecule has 174 valence electrons. The van der Waals surface area contributed by atoms with Gasteiger partial charge in [-0.05, 0) is 61.9 Å². The SMILES string of the molecule is COC(=O)c1ccc(OC)c(/C=C2/C(=O)c3cc(OCc4ccccc4)ccc3OC2(C)C)c1. The fourth-order valence-electron chi connectivity index (χ4n) is 3.84. The summed E-state index contributed by atoms with van der Waals surface area (Å²) in [6.45, 7) is 4.05. The third-order valence-corrected chi connectivity index (χ3v) is 5.65. The van der Waals surface area contributed by atoms with Gasteiger partial charge >= 0.3 is 5.97 Å². The maximum Gasteiger partial charge on any atom is 0.337 e. The molecule has 1 aliphatic heterocycles. The Hall–Kier alpha value is -4.06. The summed E-state index contributed by atoms with van der Waals surface area (Å²) in [7, 11) is 2.85. The largest absolute Gasteiger partial charge is 0.496 e. The fourth-order valence-corrected chi connectivity index (χ4v) is 3.84. The first-order valence-electron chi connectivity index (χ1n) is 10.9. The monoisotopic (exact) mass is 458 g/mol. The Bertz CT molecular complexity index is 1260. The fraction of sp³-hybridized carbons (Fsp3) is 0.214. The van der Waals surface area contributed by atoms with E-state index in [4.69, 9.17) is 18.9 Å². The number of hydrogen-bond acceptors (Lipinski definition) is 6. The van der Waals surface area contributed by atoms with E-state index in [9.17, 15) is 9.59 Å². The zero-order chi connectivity index (χ0) is 24.3. The van der Waals surface area contributed by atoms with E-state index in [0.717, 1.165) is 5.56 Å². The summed E-state index contributed by atoms with van der Waals surface area (Å²) in [5.74, 6) is 0.938. The minimum atomic E-state index is -0.900. The topological polar surface area (TPSA) is 71.1 Å². The number of esters is 1. The highest BCUT2D eigenvalue weighted by atomic mass is 16.5. The number of carbonyl (C=O) groups is 2. The number of benzene rings is 3. The van der Waals surface area contributed by atoms with Crippen LogP contribution in [0.15, 0.2) is 72.3 Å². The van der Waals surface area contributed by atoms with Crippen LogP contribution in [0.5, 0.6) is 17.2 Å². The van der Waals surface area contributed by atoms with Gasteiger partial charge in [0.2, 0.25) is 0 Å². The lowest BCUT2D eigenvalue weighted by Gasteiger charge is -2.34. The van der Waals surface area contributed by atoms with E-state index < -0.39 is 11.6 Å². The number of ether oxygens (including phenoxy) is 4. The molecule has 0 bridgehead atoms. The Kier molecular flexibility index (Phi) is 6.41. The van der Waals surface area contributed by atoms with Gasteiger partial charge in [-0.2, -0.15) is 0 Å².